The zero-order valence-electron chi connectivity index (χ0n) is 14.0. The summed E-state index contributed by atoms with van der Waals surface area (Å²) >= 11 is 0. The summed E-state index contributed by atoms with van der Waals surface area (Å²) in [5.41, 5.74) is 0.223. The molecule has 21 heavy (non-hydrogen) atoms. The lowest BCUT2D eigenvalue weighted by Gasteiger charge is -2.18. The normalized spacial score (nSPS) is 15.3. The summed E-state index contributed by atoms with van der Waals surface area (Å²) < 4.78 is 0. The fourth-order valence-corrected chi connectivity index (χ4v) is 1.32. The van der Waals surface area contributed by atoms with Crippen LogP contribution in [0.5, 0.6) is 0 Å². The van der Waals surface area contributed by atoms with Gasteiger partial charge >= 0.3 is 0 Å². The van der Waals surface area contributed by atoms with Crippen molar-refractivity contribution in [2.75, 3.05) is 0 Å². The third-order valence-electron chi connectivity index (χ3n) is 3.57. The Balaban J connectivity index is 4.19. The second-order valence-electron chi connectivity index (χ2n) is 6.04. The highest BCUT2D eigenvalue weighted by Crippen LogP contribution is 2.12. The largest absolute Gasteiger partial charge is 0.411 e. The Hall–Kier alpha value is -1.72. The summed E-state index contributed by atoms with van der Waals surface area (Å²) in [4.78, 5) is 8.80. The Morgan fingerprint density at radius 3 is 1.43 bits per heavy atom. The highest BCUT2D eigenvalue weighted by Gasteiger charge is 2.20. The van der Waals surface area contributed by atoms with E-state index >= 15 is 0 Å². The second kappa shape index (κ2) is 8.54. The Labute approximate surface area is 127 Å². The number of unbranched alkanes of at least 4 members (excludes halogenated alkanes) is 2. The van der Waals surface area contributed by atoms with Gasteiger partial charge in [0.1, 0.15) is 0 Å². The molecule has 0 rings (SSSR count). The molecular weight excluding hydrogens is 268 g/mol. The van der Waals surface area contributed by atoms with E-state index in [1.165, 1.54) is 0 Å². The Morgan fingerprint density at radius 1 is 0.810 bits per heavy atom. The first-order valence-corrected chi connectivity index (χ1v) is 7.13. The molecule has 2 N–H and O–H groups in total. The summed E-state index contributed by atoms with van der Waals surface area (Å²) in [6.45, 7) is 11.1. The van der Waals surface area contributed by atoms with Crippen molar-refractivity contribution in [2.45, 2.75) is 71.9 Å². The molecule has 0 saturated heterocycles. The fraction of sp³-hybridized carbons (Fsp3) is 0.733. The van der Waals surface area contributed by atoms with E-state index in [1.54, 1.807) is 13.8 Å². The smallest absolute Gasteiger partial charge is 0.0957 e. The molecule has 0 saturated carbocycles. The first-order valence-electron chi connectivity index (χ1n) is 7.13. The van der Waals surface area contributed by atoms with Gasteiger partial charge in [-0.2, -0.15) is 0 Å². The molecule has 0 heterocycles. The monoisotopic (exact) mass is 296 g/mol. The van der Waals surface area contributed by atoms with E-state index in [4.69, 9.17) is 10.4 Å². The van der Waals surface area contributed by atoms with Crippen molar-refractivity contribution in [3.8, 4) is 0 Å². The van der Waals surface area contributed by atoms with Crippen LogP contribution in [0, 0.1) is 0 Å². The minimum atomic E-state index is -0.473. The fourth-order valence-electron chi connectivity index (χ4n) is 1.32. The first kappa shape index (κ1) is 19.3. The van der Waals surface area contributed by atoms with Crippen LogP contribution in [0.15, 0.2) is 20.3 Å². The zero-order valence-corrected chi connectivity index (χ0v) is 14.0. The maximum absolute atomic E-state index is 8.75. The van der Waals surface area contributed by atoms with Gasteiger partial charge in [0, 0.05) is 0 Å². The van der Waals surface area contributed by atoms with Gasteiger partial charge in [-0.05, 0) is 73.2 Å². The van der Waals surface area contributed by atoms with Crippen molar-refractivity contribution in [3.05, 3.63) is 0 Å². The minimum Gasteiger partial charge on any atom is -0.411 e. The average Bonchev–Trinajstić information content (AvgIpc) is 2.43. The van der Waals surface area contributed by atoms with Crippen molar-refractivity contribution in [1.82, 2.24) is 0 Å². The lowest BCUT2D eigenvalue weighted by atomic mass is 10.0. The van der Waals surface area contributed by atoms with E-state index in [-0.39, 0.29) is 0 Å². The molecular formula is C15H28N4O2. The number of rotatable bonds is 8. The van der Waals surface area contributed by atoms with Crippen molar-refractivity contribution >= 4 is 23.9 Å². The van der Waals surface area contributed by atoms with Gasteiger partial charge in [0.15, 0.2) is 0 Å². The summed E-state index contributed by atoms with van der Waals surface area (Å²) in [6, 6.07) is 0. The highest BCUT2D eigenvalue weighted by atomic mass is 16.4. The minimum absolute atomic E-state index is 0.473. The van der Waals surface area contributed by atoms with E-state index in [1.807, 2.05) is 40.1 Å². The van der Waals surface area contributed by atoms with Crippen LogP contribution in [0.25, 0.3) is 0 Å². The number of oxime groups is 2. The predicted molar refractivity (Wildman–Crippen MR) is 88.8 cm³/mol. The molecule has 0 aliphatic heterocycles. The predicted octanol–water partition coefficient (Wildman–Crippen LogP) is 3.56. The third-order valence-corrected chi connectivity index (χ3v) is 3.57. The van der Waals surface area contributed by atoms with Crippen LogP contribution in [0.4, 0.5) is 0 Å². The van der Waals surface area contributed by atoms with E-state index in [0.717, 1.165) is 19.3 Å². The van der Waals surface area contributed by atoms with Gasteiger partial charge in [0.2, 0.25) is 0 Å². The van der Waals surface area contributed by atoms with Crippen LogP contribution in [-0.4, -0.2) is 45.3 Å². The summed E-state index contributed by atoms with van der Waals surface area (Å²) in [5.74, 6) is 0. The van der Waals surface area contributed by atoms with E-state index in [0.29, 0.717) is 11.4 Å². The maximum Gasteiger partial charge on any atom is 0.0957 e. The summed E-state index contributed by atoms with van der Waals surface area (Å²) in [5, 5.41) is 23.9. The van der Waals surface area contributed by atoms with Crippen LogP contribution in [0.2, 0.25) is 0 Å². The molecule has 120 valence electrons. The van der Waals surface area contributed by atoms with Crippen LogP contribution in [0.3, 0.4) is 0 Å². The van der Waals surface area contributed by atoms with Crippen LogP contribution in [-0.2, 0) is 0 Å². The van der Waals surface area contributed by atoms with Gasteiger partial charge in [0.05, 0.1) is 22.5 Å². The Morgan fingerprint density at radius 2 is 1.14 bits per heavy atom. The number of nitrogens with zero attached hydrogens (tertiary/aromatic N) is 4. The van der Waals surface area contributed by atoms with E-state index < -0.39 is 11.1 Å². The molecule has 0 aromatic rings. The molecule has 0 aromatic heterocycles. The SMILES string of the molecule is CC(=NO)C(C)(C)N=CCCCC=NC(C)(C)C(C)=NO. The molecule has 0 aromatic carbocycles. The summed E-state index contributed by atoms with van der Waals surface area (Å²) in [6.07, 6.45) is 6.31. The molecule has 0 fully saturated rings. The van der Waals surface area contributed by atoms with Crippen molar-refractivity contribution in [2.24, 2.45) is 20.3 Å². The molecule has 6 heteroatoms. The summed E-state index contributed by atoms with van der Waals surface area (Å²) in [7, 11) is 0. The lowest BCUT2D eigenvalue weighted by Crippen LogP contribution is -2.27. The van der Waals surface area contributed by atoms with E-state index in [2.05, 4.69) is 20.3 Å². The Bertz CT molecular complexity index is 395. The van der Waals surface area contributed by atoms with Gasteiger partial charge in [0.25, 0.3) is 0 Å². The number of hydrogen-bond donors (Lipinski definition) is 2. The molecule has 0 amide bonds. The number of hydrogen-bond acceptors (Lipinski definition) is 6. The standard InChI is InChI=1S/C15H28N4O2/c1-12(18-20)14(3,4)16-10-8-7-9-11-17-15(5,6)13(2)19-21/h10-11,20-21H,7-9H2,1-6H3. The molecule has 0 unspecified atom stereocenters. The third kappa shape index (κ3) is 7.02. The lowest BCUT2D eigenvalue weighted by molar-refractivity contribution is 0.314. The highest BCUT2D eigenvalue weighted by molar-refractivity contribution is 5.92. The average molecular weight is 296 g/mol. The van der Waals surface area contributed by atoms with E-state index in [9.17, 15) is 0 Å². The van der Waals surface area contributed by atoms with Crippen molar-refractivity contribution in [3.63, 3.8) is 0 Å². The van der Waals surface area contributed by atoms with Crippen molar-refractivity contribution < 1.29 is 10.4 Å². The number of aliphatic imine (C=N–C) groups is 2. The van der Waals surface area contributed by atoms with Crippen molar-refractivity contribution in [1.29, 1.82) is 0 Å². The second-order valence-corrected chi connectivity index (χ2v) is 6.04. The molecule has 0 aliphatic rings. The molecule has 0 aliphatic carbocycles. The molecule has 0 bridgehead atoms. The van der Waals surface area contributed by atoms with Crippen LogP contribution < -0.4 is 0 Å². The molecule has 0 spiro atoms. The van der Waals surface area contributed by atoms with Gasteiger partial charge in [-0.25, -0.2) is 0 Å². The maximum atomic E-state index is 8.75. The molecule has 6 nitrogen and oxygen atoms in total. The molecule has 0 atom stereocenters. The Kier molecular flexibility index (Phi) is 7.84. The van der Waals surface area contributed by atoms with Gasteiger partial charge in [-0.1, -0.05) is 10.3 Å². The van der Waals surface area contributed by atoms with Crippen LogP contribution >= 0.6 is 0 Å². The van der Waals surface area contributed by atoms with Gasteiger partial charge in [-0.15, -0.1) is 0 Å². The van der Waals surface area contributed by atoms with Gasteiger partial charge < -0.3 is 10.4 Å². The zero-order chi connectivity index (χ0) is 16.5. The van der Waals surface area contributed by atoms with Crippen LogP contribution in [0.1, 0.15) is 60.8 Å². The topological polar surface area (TPSA) is 89.9 Å². The molecule has 0 radical (unpaired) electrons. The first-order chi connectivity index (χ1) is 9.67. The van der Waals surface area contributed by atoms with Gasteiger partial charge in [-0.3, -0.25) is 9.98 Å². The quantitative estimate of drug-likeness (QED) is 0.310.